The maximum Gasteiger partial charge on any atom is 0.228 e. The molecule has 0 radical (unpaired) electrons. The minimum atomic E-state index is -0.323. The highest BCUT2D eigenvalue weighted by atomic mass is 16.5. The Morgan fingerprint density at radius 2 is 1.86 bits per heavy atom. The van der Waals surface area contributed by atoms with E-state index in [-0.39, 0.29) is 24.2 Å². The minimum Gasteiger partial charge on any atom is -0.494 e. The van der Waals surface area contributed by atoms with Crippen molar-refractivity contribution in [1.82, 2.24) is 20.0 Å². The van der Waals surface area contributed by atoms with Crippen LogP contribution in [0.1, 0.15) is 26.2 Å². The van der Waals surface area contributed by atoms with Gasteiger partial charge in [0.25, 0.3) is 0 Å². The van der Waals surface area contributed by atoms with E-state index in [1.165, 1.54) is 0 Å². The van der Waals surface area contributed by atoms with Crippen LogP contribution in [0, 0.1) is 5.92 Å². The van der Waals surface area contributed by atoms with Gasteiger partial charge in [0.2, 0.25) is 23.5 Å². The van der Waals surface area contributed by atoms with Gasteiger partial charge in [0.1, 0.15) is 11.6 Å². The molecular formula is C26H30N6O4. The van der Waals surface area contributed by atoms with Crippen molar-refractivity contribution < 1.29 is 18.8 Å². The summed E-state index contributed by atoms with van der Waals surface area (Å²) in [6, 6.07) is 11.3. The molecule has 0 N–H and O–H groups in total. The lowest BCUT2D eigenvalue weighted by molar-refractivity contribution is -0.136. The van der Waals surface area contributed by atoms with Gasteiger partial charge in [-0.25, -0.2) is 4.98 Å². The van der Waals surface area contributed by atoms with Crippen LogP contribution in [0.4, 0.5) is 11.5 Å². The number of aromatic nitrogens is 3. The third-order valence-electron chi connectivity index (χ3n) is 6.63. The van der Waals surface area contributed by atoms with Crippen molar-refractivity contribution in [3.8, 4) is 17.1 Å². The van der Waals surface area contributed by atoms with Crippen LogP contribution >= 0.6 is 0 Å². The molecule has 10 heteroatoms. The number of pyridine rings is 1. The van der Waals surface area contributed by atoms with E-state index in [0.717, 1.165) is 22.8 Å². The van der Waals surface area contributed by atoms with Crippen LogP contribution in [0.5, 0.6) is 5.75 Å². The molecule has 36 heavy (non-hydrogen) atoms. The van der Waals surface area contributed by atoms with Gasteiger partial charge < -0.3 is 24.0 Å². The zero-order valence-corrected chi connectivity index (χ0v) is 20.6. The van der Waals surface area contributed by atoms with Crippen LogP contribution in [0.3, 0.4) is 0 Å². The molecule has 188 valence electrons. The molecule has 1 atom stereocenters. The molecule has 0 aliphatic carbocycles. The van der Waals surface area contributed by atoms with E-state index < -0.39 is 0 Å². The van der Waals surface area contributed by atoms with Crippen LogP contribution in [0.2, 0.25) is 0 Å². The van der Waals surface area contributed by atoms with Crippen molar-refractivity contribution in [1.29, 1.82) is 0 Å². The van der Waals surface area contributed by atoms with E-state index in [1.807, 2.05) is 55.1 Å². The first-order chi connectivity index (χ1) is 17.6. The average molecular weight is 491 g/mol. The Hall–Kier alpha value is -3.95. The molecule has 2 aromatic heterocycles. The fourth-order valence-corrected chi connectivity index (χ4v) is 4.65. The Kier molecular flexibility index (Phi) is 6.84. The third-order valence-corrected chi connectivity index (χ3v) is 6.63. The molecule has 0 spiro atoms. The van der Waals surface area contributed by atoms with E-state index in [2.05, 4.69) is 20.0 Å². The zero-order valence-electron chi connectivity index (χ0n) is 20.6. The predicted molar refractivity (Wildman–Crippen MR) is 134 cm³/mol. The molecule has 1 aromatic carbocycles. The number of carbonyl (C=O) groups excluding carboxylic acids is 2. The van der Waals surface area contributed by atoms with Gasteiger partial charge in [0, 0.05) is 63.0 Å². The van der Waals surface area contributed by atoms with Gasteiger partial charge in [-0.05, 0) is 43.3 Å². The quantitative estimate of drug-likeness (QED) is 0.498. The van der Waals surface area contributed by atoms with Crippen LogP contribution in [-0.2, 0) is 16.0 Å². The lowest BCUT2D eigenvalue weighted by Crippen LogP contribution is -2.51. The summed E-state index contributed by atoms with van der Waals surface area (Å²) in [5, 5.41) is 3.99. The Morgan fingerprint density at radius 3 is 2.50 bits per heavy atom. The number of hydrogen-bond donors (Lipinski definition) is 0. The number of nitrogens with zero attached hydrogens (tertiary/aromatic N) is 6. The standard InChI is InChI=1S/C26H30N6O4/c1-3-23-28-25(29-36-23)18-5-10-22(27-16-18)30-11-13-31(14-12-30)26(34)19-15-24(33)32(17-19)20-6-8-21(9-7-20)35-4-2/h5-10,16,19H,3-4,11-15,17H2,1-2H3. The highest BCUT2D eigenvalue weighted by molar-refractivity contribution is 6.00. The number of anilines is 2. The first-order valence-electron chi connectivity index (χ1n) is 12.4. The van der Waals surface area contributed by atoms with Crippen LogP contribution in [0.15, 0.2) is 47.1 Å². The number of carbonyl (C=O) groups is 2. The maximum absolute atomic E-state index is 13.2. The van der Waals surface area contributed by atoms with Gasteiger partial charge in [-0.3, -0.25) is 9.59 Å². The van der Waals surface area contributed by atoms with Crippen molar-refractivity contribution in [2.75, 3.05) is 49.1 Å². The summed E-state index contributed by atoms with van der Waals surface area (Å²) in [5.41, 5.74) is 1.60. The van der Waals surface area contributed by atoms with Crippen LogP contribution in [-0.4, -0.2) is 71.2 Å². The lowest BCUT2D eigenvalue weighted by atomic mass is 10.1. The number of amides is 2. The van der Waals surface area contributed by atoms with Crippen molar-refractivity contribution in [2.24, 2.45) is 5.92 Å². The van der Waals surface area contributed by atoms with E-state index in [9.17, 15) is 9.59 Å². The topological polar surface area (TPSA) is 105 Å². The van der Waals surface area contributed by atoms with Gasteiger partial charge in [-0.15, -0.1) is 0 Å². The fourth-order valence-electron chi connectivity index (χ4n) is 4.65. The molecule has 2 saturated heterocycles. The number of piperazine rings is 1. The Balaban J connectivity index is 1.15. The highest BCUT2D eigenvalue weighted by Crippen LogP contribution is 2.28. The van der Waals surface area contributed by atoms with Gasteiger partial charge in [0.15, 0.2) is 0 Å². The summed E-state index contributed by atoms with van der Waals surface area (Å²) in [6.07, 6.45) is 2.68. The second-order valence-corrected chi connectivity index (χ2v) is 8.91. The summed E-state index contributed by atoms with van der Waals surface area (Å²) in [4.78, 5) is 40.5. The molecule has 1 unspecified atom stereocenters. The Morgan fingerprint density at radius 1 is 1.08 bits per heavy atom. The first kappa shape index (κ1) is 23.8. The second kappa shape index (κ2) is 10.3. The Labute approximate surface area is 209 Å². The van der Waals surface area contributed by atoms with Crippen molar-refractivity contribution in [3.63, 3.8) is 0 Å². The average Bonchev–Trinajstić information content (AvgIpc) is 3.56. The predicted octanol–water partition coefficient (Wildman–Crippen LogP) is 2.79. The lowest BCUT2D eigenvalue weighted by Gasteiger charge is -2.36. The summed E-state index contributed by atoms with van der Waals surface area (Å²) in [6.45, 7) is 7.46. The minimum absolute atomic E-state index is 0.0203. The molecule has 0 saturated carbocycles. The molecule has 0 bridgehead atoms. The van der Waals surface area contributed by atoms with Gasteiger partial charge in [0.05, 0.1) is 12.5 Å². The SMILES string of the molecule is CCOc1ccc(N2CC(C(=O)N3CCN(c4ccc(-c5noc(CC)n5)cn4)CC3)CC2=O)cc1. The highest BCUT2D eigenvalue weighted by Gasteiger charge is 2.38. The maximum atomic E-state index is 13.2. The molecule has 10 nitrogen and oxygen atoms in total. The van der Waals surface area contributed by atoms with Gasteiger partial charge >= 0.3 is 0 Å². The third kappa shape index (κ3) is 4.89. The largest absolute Gasteiger partial charge is 0.494 e. The molecule has 2 aliphatic heterocycles. The zero-order chi connectivity index (χ0) is 25.1. The second-order valence-electron chi connectivity index (χ2n) is 8.91. The van der Waals surface area contributed by atoms with Gasteiger partial charge in [-0.2, -0.15) is 4.98 Å². The number of aryl methyl sites for hydroxylation is 1. The number of benzene rings is 1. The van der Waals surface area contributed by atoms with E-state index in [4.69, 9.17) is 9.26 Å². The number of rotatable bonds is 7. The van der Waals surface area contributed by atoms with Crippen molar-refractivity contribution in [2.45, 2.75) is 26.7 Å². The molecule has 3 aromatic rings. The summed E-state index contributed by atoms with van der Waals surface area (Å²) >= 11 is 0. The van der Waals surface area contributed by atoms with E-state index in [1.54, 1.807) is 11.1 Å². The fraction of sp³-hybridized carbons (Fsp3) is 0.423. The molecule has 4 heterocycles. The first-order valence-corrected chi connectivity index (χ1v) is 12.4. The summed E-state index contributed by atoms with van der Waals surface area (Å²) in [5.74, 6) is 2.45. The molecule has 2 aliphatic rings. The molecule has 5 rings (SSSR count). The number of ether oxygens (including phenoxy) is 1. The normalized spacial score (nSPS) is 18.1. The summed E-state index contributed by atoms with van der Waals surface area (Å²) in [7, 11) is 0. The van der Waals surface area contributed by atoms with E-state index in [0.29, 0.717) is 57.5 Å². The van der Waals surface area contributed by atoms with Crippen molar-refractivity contribution in [3.05, 3.63) is 48.5 Å². The number of hydrogen-bond acceptors (Lipinski definition) is 8. The van der Waals surface area contributed by atoms with Crippen LogP contribution in [0.25, 0.3) is 11.4 Å². The van der Waals surface area contributed by atoms with Crippen LogP contribution < -0.4 is 14.5 Å². The molecular weight excluding hydrogens is 460 g/mol. The monoisotopic (exact) mass is 490 g/mol. The Bertz CT molecular complexity index is 1200. The molecule has 2 fully saturated rings. The summed E-state index contributed by atoms with van der Waals surface area (Å²) < 4.78 is 10.7. The smallest absolute Gasteiger partial charge is 0.228 e. The van der Waals surface area contributed by atoms with E-state index >= 15 is 0 Å². The van der Waals surface area contributed by atoms with Gasteiger partial charge in [-0.1, -0.05) is 12.1 Å². The molecule has 2 amide bonds. The van der Waals surface area contributed by atoms with Crippen molar-refractivity contribution >= 4 is 23.3 Å².